The Morgan fingerprint density at radius 2 is 1.94 bits per heavy atom. The van der Waals surface area contributed by atoms with Crippen LogP contribution < -0.4 is 0 Å². The molecule has 1 atom stereocenters. The van der Waals surface area contributed by atoms with Crippen molar-refractivity contribution in [1.29, 1.82) is 0 Å². The Labute approximate surface area is 114 Å². The Bertz CT molecular complexity index is 296. The number of hydrogen-bond donors (Lipinski definition) is 0. The van der Waals surface area contributed by atoms with E-state index >= 15 is 0 Å². The molecule has 0 aliphatic heterocycles. The third kappa shape index (κ3) is 3.74. The number of allylic oxidation sites excluding steroid dienone is 3. The van der Waals surface area contributed by atoms with Crippen molar-refractivity contribution in [2.75, 3.05) is 0 Å². The third-order valence-electron chi connectivity index (χ3n) is 4.65. The highest BCUT2D eigenvalue weighted by Gasteiger charge is 2.35. The van der Waals surface area contributed by atoms with E-state index in [4.69, 9.17) is 4.43 Å². The van der Waals surface area contributed by atoms with E-state index in [1.54, 1.807) is 0 Å². The van der Waals surface area contributed by atoms with Crippen LogP contribution in [0.25, 0.3) is 0 Å². The fraction of sp³-hybridized carbons (Fsp3) is 0.750. The molecule has 0 aromatic rings. The lowest BCUT2D eigenvalue weighted by atomic mass is 9.85. The van der Waals surface area contributed by atoms with Gasteiger partial charge in [-0.1, -0.05) is 33.8 Å². The maximum Gasteiger partial charge on any atom is 0.250 e. The topological polar surface area (TPSA) is 9.23 Å². The first kappa shape index (κ1) is 15.6. The second-order valence-corrected chi connectivity index (χ2v) is 10.6. The van der Waals surface area contributed by atoms with Crippen LogP contribution >= 0.6 is 0 Å². The van der Waals surface area contributed by atoms with Crippen molar-refractivity contribution in [2.24, 2.45) is 5.41 Å². The van der Waals surface area contributed by atoms with Gasteiger partial charge in [0.1, 0.15) is 0 Å². The molecule has 1 aliphatic carbocycles. The molecule has 0 saturated carbocycles. The zero-order valence-corrected chi connectivity index (χ0v) is 13.7. The fourth-order valence-electron chi connectivity index (χ4n) is 2.90. The molecule has 0 N–H and O–H groups in total. The minimum atomic E-state index is -1.46. The number of hydrogen-bond acceptors (Lipinski definition) is 1. The van der Waals surface area contributed by atoms with Gasteiger partial charge in [0.25, 0.3) is 0 Å². The molecule has 1 aliphatic rings. The van der Waals surface area contributed by atoms with Gasteiger partial charge in [0.15, 0.2) is 0 Å². The molecule has 0 heterocycles. The van der Waals surface area contributed by atoms with Gasteiger partial charge in [-0.15, -0.1) is 6.58 Å². The van der Waals surface area contributed by atoms with Gasteiger partial charge in [-0.2, -0.15) is 0 Å². The molecule has 0 unspecified atom stereocenters. The maximum absolute atomic E-state index is 6.50. The molecule has 0 bridgehead atoms. The van der Waals surface area contributed by atoms with Gasteiger partial charge in [-0.3, -0.25) is 0 Å². The second kappa shape index (κ2) is 6.60. The van der Waals surface area contributed by atoms with Crippen LogP contribution in [0.15, 0.2) is 24.5 Å². The SMILES string of the molecule is C=CCC[C@@]1(C)C=C(O[Si](CC)(CC)CC)CC1. The van der Waals surface area contributed by atoms with Crippen molar-refractivity contribution in [3.05, 3.63) is 24.5 Å². The first-order valence-corrected chi connectivity index (χ1v) is 10.1. The van der Waals surface area contributed by atoms with Crippen LogP contribution in [0.4, 0.5) is 0 Å². The summed E-state index contributed by atoms with van der Waals surface area (Å²) in [7, 11) is -1.46. The van der Waals surface area contributed by atoms with Crippen LogP contribution in [0.5, 0.6) is 0 Å². The molecule has 0 amide bonds. The molecule has 0 aromatic carbocycles. The van der Waals surface area contributed by atoms with Crippen molar-refractivity contribution in [3.63, 3.8) is 0 Å². The van der Waals surface area contributed by atoms with Gasteiger partial charge in [0.2, 0.25) is 8.32 Å². The molecule has 1 nitrogen and oxygen atoms in total. The van der Waals surface area contributed by atoms with E-state index in [2.05, 4.69) is 40.3 Å². The quantitative estimate of drug-likeness (QED) is 0.407. The Hall–Kier alpha value is -0.503. The molecule has 0 spiro atoms. The minimum Gasteiger partial charge on any atom is -0.547 e. The zero-order chi connectivity index (χ0) is 13.6. The molecule has 0 aromatic heterocycles. The predicted molar refractivity (Wildman–Crippen MR) is 83.1 cm³/mol. The Balaban J connectivity index is 2.68. The fourth-order valence-corrected chi connectivity index (χ4v) is 5.55. The third-order valence-corrected chi connectivity index (χ3v) is 9.21. The molecule has 1 rings (SSSR count). The first-order valence-electron chi connectivity index (χ1n) is 7.54. The smallest absolute Gasteiger partial charge is 0.250 e. The van der Waals surface area contributed by atoms with E-state index in [1.807, 2.05) is 6.08 Å². The summed E-state index contributed by atoms with van der Waals surface area (Å²) in [6.45, 7) is 13.1. The van der Waals surface area contributed by atoms with E-state index in [9.17, 15) is 0 Å². The average molecular weight is 267 g/mol. The normalized spacial score (nSPS) is 23.9. The lowest BCUT2D eigenvalue weighted by molar-refractivity contribution is 0.376. The van der Waals surface area contributed by atoms with Crippen LogP contribution in [0, 0.1) is 5.41 Å². The largest absolute Gasteiger partial charge is 0.547 e. The summed E-state index contributed by atoms with van der Waals surface area (Å²) in [5.41, 5.74) is 0.346. The average Bonchev–Trinajstić information content (AvgIpc) is 2.76. The molecule has 104 valence electrons. The molecular weight excluding hydrogens is 236 g/mol. The summed E-state index contributed by atoms with van der Waals surface area (Å²) in [4.78, 5) is 0. The van der Waals surface area contributed by atoms with Crippen molar-refractivity contribution >= 4 is 8.32 Å². The van der Waals surface area contributed by atoms with E-state index in [0.29, 0.717) is 5.41 Å². The summed E-state index contributed by atoms with van der Waals surface area (Å²) in [5, 5.41) is 0. The highest BCUT2D eigenvalue weighted by Crippen LogP contribution is 2.41. The van der Waals surface area contributed by atoms with Gasteiger partial charge in [-0.25, -0.2) is 0 Å². The standard InChI is InChI=1S/C16H30OSi/c1-6-10-12-16(5)13-11-15(14-16)17-18(7-2,8-3)9-4/h6,14H,1,7-13H2,2-5H3/t16-/m1/s1. The Kier molecular flexibility index (Phi) is 5.70. The molecular formula is C16H30OSi. The first-order chi connectivity index (χ1) is 8.53. The monoisotopic (exact) mass is 266 g/mol. The minimum absolute atomic E-state index is 0.346. The Morgan fingerprint density at radius 3 is 2.44 bits per heavy atom. The second-order valence-electron chi connectivity index (χ2n) is 5.94. The molecule has 18 heavy (non-hydrogen) atoms. The van der Waals surface area contributed by atoms with Crippen LogP contribution in [-0.4, -0.2) is 8.32 Å². The summed E-state index contributed by atoms with van der Waals surface area (Å²) in [5.74, 6) is 1.29. The van der Waals surface area contributed by atoms with Crippen LogP contribution in [0.3, 0.4) is 0 Å². The van der Waals surface area contributed by atoms with Crippen molar-refractivity contribution in [2.45, 2.75) is 71.5 Å². The summed E-state index contributed by atoms with van der Waals surface area (Å²) < 4.78 is 6.50. The van der Waals surface area contributed by atoms with Crippen molar-refractivity contribution < 1.29 is 4.43 Å². The van der Waals surface area contributed by atoms with Crippen LogP contribution in [0.1, 0.15) is 53.4 Å². The van der Waals surface area contributed by atoms with Crippen LogP contribution in [0.2, 0.25) is 18.1 Å². The number of rotatable bonds is 8. The predicted octanol–water partition coefficient (Wildman–Crippen LogP) is 5.66. The highest BCUT2D eigenvalue weighted by atomic mass is 28.4. The van der Waals surface area contributed by atoms with Crippen LogP contribution in [-0.2, 0) is 4.43 Å². The lowest BCUT2D eigenvalue weighted by Crippen LogP contribution is -2.35. The maximum atomic E-state index is 6.50. The Morgan fingerprint density at radius 1 is 1.33 bits per heavy atom. The van der Waals surface area contributed by atoms with E-state index in [-0.39, 0.29) is 0 Å². The summed E-state index contributed by atoms with van der Waals surface area (Å²) in [6, 6.07) is 3.71. The lowest BCUT2D eigenvalue weighted by Gasteiger charge is -2.29. The van der Waals surface area contributed by atoms with E-state index in [1.165, 1.54) is 36.7 Å². The van der Waals surface area contributed by atoms with Crippen molar-refractivity contribution in [3.8, 4) is 0 Å². The molecule has 0 saturated heterocycles. The molecule has 0 radical (unpaired) electrons. The highest BCUT2D eigenvalue weighted by molar-refractivity contribution is 6.73. The van der Waals surface area contributed by atoms with E-state index in [0.717, 1.165) is 12.8 Å². The zero-order valence-electron chi connectivity index (χ0n) is 12.7. The van der Waals surface area contributed by atoms with Gasteiger partial charge in [-0.05, 0) is 48.9 Å². The van der Waals surface area contributed by atoms with Crippen molar-refractivity contribution in [1.82, 2.24) is 0 Å². The van der Waals surface area contributed by atoms with Gasteiger partial charge < -0.3 is 4.43 Å². The van der Waals surface area contributed by atoms with E-state index < -0.39 is 8.32 Å². The van der Waals surface area contributed by atoms with Gasteiger partial charge >= 0.3 is 0 Å². The molecule has 0 fully saturated rings. The summed E-state index contributed by atoms with van der Waals surface area (Å²) in [6.07, 6.45) is 9.15. The summed E-state index contributed by atoms with van der Waals surface area (Å²) >= 11 is 0. The van der Waals surface area contributed by atoms with Gasteiger partial charge in [0.05, 0.1) is 5.76 Å². The van der Waals surface area contributed by atoms with Gasteiger partial charge in [0, 0.05) is 6.42 Å². The molecule has 2 heteroatoms.